The summed E-state index contributed by atoms with van der Waals surface area (Å²) in [7, 11) is 1.95. The summed E-state index contributed by atoms with van der Waals surface area (Å²) < 4.78 is 1.96. The Bertz CT molecular complexity index is 529. The van der Waals surface area contributed by atoms with Crippen LogP contribution >= 0.6 is 0 Å². The van der Waals surface area contributed by atoms with Crippen LogP contribution in [-0.4, -0.2) is 39.4 Å². The van der Waals surface area contributed by atoms with Gasteiger partial charge in [-0.15, -0.1) is 0 Å². The zero-order valence-corrected chi connectivity index (χ0v) is 11.9. The number of carbonyl (C=O) groups is 2. The Morgan fingerprint density at radius 3 is 2.60 bits per heavy atom. The molecule has 0 radical (unpaired) electrons. The predicted molar refractivity (Wildman–Crippen MR) is 72.6 cm³/mol. The minimum absolute atomic E-state index is 0.00822. The van der Waals surface area contributed by atoms with Gasteiger partial charge < -0.3 is 14.8 Å². The van der Waals surface area contributed by atoms with E-state index in [-0.39, 0.29) is 23.8 Å². The average Bonchev–Trinajstić information content (AvgIpc) is 3.07. The average molecular weight is 276 g/mol. The van der Waals surface area contributed by atoms with Crippen molar-refractivity contribution in [2.75, 3.05) is 13.1 Å². The number of carbonyl (C=O) groups excluding carboxylic acids is 2. The summed E-state index contributed by atoms with van der Waals surface area (Å²) in [6, 6.07) is 0.00822. The molecule has 1 atom stereocenters. The topological polar surface area (TPSA) is 67.2 Å². The van der Waals surface area contributed by atoms with E-state index in [1.165, 1.54) is 6.92 Å². The number of aryl methyl sites for hydroxylation is 1. The molecule has 1 N–H and O–H groups in total. The number of nitrogens with one attached hydrogen (secondary N) is 1. The Balaban J connectivity index is 1.62. The molecule has 1 aliphatic heterocycles. The number of hydrogen-bond acceptors (Lipinski definition) is 3. The third-order valence-electron chi connectivity index (χ3n) is 4.23. The van der Waals surface area contributed by atoms with Gasteiger partial charge in [-0.2, -0.15) is 0 Å². The van der Waals surface area contributed by atoms with Crippen LogP contribution in [0.25, 0.3) is 0 Å². The van der Waals surface area contributed by atoms with Crippen molar-refractivity contribution in [3.05, 3.63) is 18.2 Å². The van der Waals surface area contributed by atoms with Gasteiger partial charge in [-0.05, 0) is 18.8 Å². The molecule has 108 valence electrons. The summed E-state index contributed by atoms with van der Waals surface area (Å²) >= 11 is 0. The standard InChI is InChI=1S/C14H20N4O2/c1-9(19)18-7-11(8-18)14(20)16-12(10-3-4-10)13-15-5-6-17(13)2/h5-6,10-12H,3-4,7-8H2,1-2H3,(H,16,20)/t12-/m0/s1. The van der Waals surface area contributed by atoms with E-state index in [1.807, 2.05) is 17.8 Å². The number of hydrogen-bond donors (Lipinski definition) is 1. The van der Waals surface area contributed by atoms with Crippen LogP contribution in [0.15, 0.2) is 12.4 Å². The Hall–Kier alpha value is -1.85. The molecule has 2 amide bonds. The lowest BCUT2D eigenvalue weighted by atomic mass is 9.98. The number of rotatable bonds is 4. The molecule has 6 heteroatoms. The zero-order chi connectivity index (χ0) is 14.3. The highest BCUT2D eigenvalue weighted by molar-refractivity contribution is 5.83. The minimum Gasteiger partial charge on any atom is -0.346 e. The highest BCUT2D eigenvalue weighted by Gasteiger charge is 2.39. The quantitative estimate of drug-likeness (QED) is 0.869. The van der Waals surface area contributed by atoms with Gasteiger partial charge in [-0.3, -0.25) is 9.59 Å². The molecule has 2 fully saturated rings. The smallest absolute Gasteiger partial charge is 0.227 e. The molecule has 1 aromatic heterocycles. The largest absolute Gasteiger partial charge is 0.346 e. The molecular formula is C14H20N4O2. The second-order valence-electron chi connectivity index (χ2n) is 5.84. The third kappa shape index (κ3) is 2.42. The molecule has 2 aliphatic rings. The lowest BCUT2D eigenvalue weighted by Gasteiger charge is -2.38. The van der Waals surface area contributed by atoms with E-state index in [2.05, 4.69) is 10.3 Å². The van der Waals surface area contributed by atoms with Crippen molar-refractivity contribution < 1.29 is 9.59 Å². The Morgan fingerprint density at radius 1 is 1.40 bits per heavy atom. The van der Waals surface area contributed by atoms with Crippen LogP contribution < -0.4 is 5.32 Å². The Labute approximate surface area is 118 Å². The molecule has 0 unspecified atom stereocenters. The van der Waals surface area contributed by atoms with E-state index in [1.54, 1.807) is 11.1 Å². The van der Waals surface area contributed by atoms with Crippen molar-refractivity contribution in [1.29, 1.82) is 0 Å². The Morgan fingerprint density at radius 2 is 2.10 bits per heavy atom. The van der Waals surface area contributed by atoms with Crippen LogP contribution in [-0.2, 0) is 16.6 Å². The lowest BCUT2D eigenvalue weighted by molar-refractivity contribution is -0.141. The van der Waals surface area contributed by atoms with Crippen molar-refractivity contribution in [3.8, 4) is 0 Å². The molecular weight excluding hydrogens is 256 g/mol. The van der Waals surface area contributed by atoms with E-state index in [0.29, 0.717) is 19.0 Å². The van der Waals surface area contributed by atoms with Crippen LogP contribution in [0.4, 0.5) is 0 Å². The van der Waals surface area contributed by atoms with E-state index in [9.17, 15) is 9.59 Å². The predicted octanol–water partition coefficient (Wildman–Crippen LogP) is 0.466. The SMILES string of the molecule is CC(=O)N1CC(C(=O)N[C@H](c2nccn2C)C2CC2)C1. The molecule has 3 rings (SSSR count). The fraction of sp³-hybridized carbons (Fsp3) is 0.643. The van der Waals surface area contributed by atoms with Gasteiger partial charge in [-0.1, -0.05) is 0 Å². The third-order valence-corrected chi connectivity index (χ3v) is 4.23. The van der Waals surface area contributed by atoms with Gasteiger partial charge >= 0.3 is 0 Å². The summed E-state index contributed by atoms with van der Waals surface area (Å²) in [4.78, 5) is 29.5. The van der Waals surface area contributed by atoms with Crippen LogP contribution in [0, 0.1) is 11.8 Å². The van der Waals surface area contributed by atoms with Gasteiger partial charge in [0.05, 0.1) is 12.0 Å². The number of amides is 2. The van der Waals surface area contributed by atoms with E-state index >= 15 is 0 Å². The number of aromatic nitrogens is 2. The Kier molecular flexibility index (Phi) is 3.23. The minimum atomic E-state index is -0.0691. The van der Waals surface area contributed by atoms with Crippen molar-refractivity contribution in [2.45, 2.75) is 25.8 Å². The number of likely N-dealkylation sites (tertiary alicyclic amines) is 1. The first kappa shape index (κ1) is 13.1. The first-order valence-electron chi connectivity index (χ1n) is 7.09. The second-order valence-corrected chi connectivity index (χ2v) is 5.84. The van der Waals surface area contributed by atoms with Crippen LogP contribution in [0.2, 0.25) is 0 Å². The van der Waals surface area contributed by atoms with Crippen LogP contribution in [0.5, 0.6) is 0 Å². The number of nitrogens with zero attached hydrogens (tertiary/aromatic N) is 3. The maximum Gasteiger partial charge on any atom is 0.227 e. The highest BCUT2D eigenvalue weighted by atomic mass is 16.2. The van der Waals surface area contributed by atoms with Gasteiger partial charge in [0.2, 0.25) is 11.8 Å². The van der Waals surface area contributed by atoms with E-state index in [0.717, 1.165) is 18.7 Å². The second kappa shape index (κ2) is 4.92. The van der Waals surface area contributed by atoms with Crippen LogP contribution in [0.1, 0.15) is 31.6 Å². The summed E-state index contributed by atoms with van der Waals surface area (Å²) in [6.45, 7) is 2.62. The summed E-state index contributed by atoms with van der Waals surface area (Å²) in [5.74, 6) is 1.44. The van der Waals surface area contributed by atoms with E-state index in [4.69, 9.17) is 0 Å². The fourth-order valence-electron chi connectivity index (χ4n) is 2.67. The molecule has 1 saturated heterocycles. The monoisotopic (exact) mass is 276 g/mol. The maximum absolute atomic E-state index is 12.3. The normalized spacial score (nSPS) is 20.4. The first-order valence-corrected chi connectivity index (χ1v) is 7.09. The molecule has 1 aromatic rings. The maximum atomic E-state index is 12.3. The molecule has 0 aromatic carbocycles. The van der Waals surface area contributed by atoms with Crippen LogP contribution in [0.3, 0.4) is 0 Å². The lowest BCUT2D eigenvalue weighted by Crippen LogP contribution is -2.55. The van der Waals surface area contributed by atoms with Gasteiger partial charge in [0, 0.05) is 39.5 Å². The highest BCUT2D eigenvalue weighted by Crippen LogP contribution is 2.40. The molecule has 1 saturated carbocycles. The van der Waals surface area contributed by atoms with E-state index < -0.39 is 0 Å². The van der Waals surface area contributed by atoms with Gasteiger partial charge in [0.15, 0.2) is 0 Å². The molecule has 0 bridgehead atoms. The molecule has 0 spiro atoms. The summed E-state index contributed by atoms with van der Waals surface area (Å²) in [5.41, 5.74) is 0. The fourth-order valence-corrected chi connectivity index (χ4v) is 2.67. The number of imidazole rings is 1. The molecule has 6 nitrogen and oxygen atoms in total. The van der Waals surface area contributed by atoms with Crippen molar-refractivity contribution in [1.82, 2.24) is 19.8 Å². The molecule has 2 heterocycles. The van der Waals surface area contributed by atoms with Crippen molar-refractivity contribution in [2.24, 2.45) is 18.9 Å². The van der Waals surface area contributed by atoms with Gasteiger partial charge in [-0.25, -0.2) is 4.98 Å². The zero-order valence-electron chi connectivity index (χ0n) is 11.9. The van der Waals surface area contributed by atoms with Gasteiger partial charge in [0.1, 0.15) is 5.82 Å². The van der Waals surface area contributed by atoms with Crippen molar-refractivity contribution in [3.63, 3.8) is 0 Å². The first-order chi connectivity index (χ1) is 9.56. The van der Waals surface area contributed by atoms with Gasteiger partial charge in [0.25, 0.3) is 0 Å². The summed E-state index contributed by atoms with van der Waals surface area (Å²) in [6.07, 6.45) is 5.94. The molecule has 20 heavy (non-hydrogen) atoms. The molecule has 1 aliphatic carbocycles. The van der Waals surface area contributed by atoms with Crippen molar-refractivity contribution >= 4 is 11.8 Å². The summed E-state index contributed by atoms with van der Waals surface area (Å²) in [5, 5.41) is 3.12.